The maximum atomic E-state index is 13.6. The van der Waals surface area contributed by atoms with E-state index in [4.69, 9.17) is 4.74 Å². The molecule has 37 heavy (non-hydrogen) atoms. The number of nitrogens with one attached hydrogen (secondary N) is 1. The second kappa shape index (κ2) is 10.7. The molecule has 5 heteroatoms. The van der Waals surface area contributed by atoms with E-state index < -0.39 is 6.10 Å². The van der Waals surface area contributed by atoms with Crippen LogP contribution in [0.5, 0.6) is 5.75 Å². The van der Waals surface area contributed by atoms with E-state index >= 15 is 0 Å². The maximum absolute atomic E-state index is 13.6. The van der Waals surface area contributed by atoms with Crippen molar-refractivity contribution in [1.82, 2.24) is 4.90 Å². The Morgan fingerprint density at radius 3 is 2.35 bits per heavy atom. The van der Waals surface area contributed by atoms with Gasteiger partial charge in [0, 0.05) is 17.8 Å². The van der Waals surface area contributed by atoms with Crippen molar-refractivity contribution in [2.24, 2.45) is 0 Å². The number of carbonyl (C=O) groups is 2. The zero-order valence-corrected chi connectivity index (χ0v) is 21.1. The molecule has 0 saturated heterocycles. The van der Waals surface area contributed by atoms with E-state index in [1.165, 1.54) is 5.56 Å². The van der Waals surface area contributed by atoms with Crippen LogP contribution in [0.3, 0.4) is 0 Å². The van der Waals surface area contributed by atoms with Gasteiger partial charge in [-0.15, -0.1) is 0 Å². The van der Waals surface area contributed by atoms with Crippen LogP contribution in [-0.2, 0) is 11.2 Å². The van der Waals surface area contributed by atoms with Crippen molar-refractivity contribution < 1.29 is 14.3 Å². The highest BCUT2D eigenvalue weighted by atomic mass is 16.5. The van der Waals surface area contributed by atoms with Crippen LogP contribution in [0.15, 0.2) is 103 Å². The average Bonchev–Trinajstić information content (AvgIpc) is 2.93. The molecule has 5 nitrogen and oxygen atoms in total. The highest BCUT2D eigenvalue weighted by molar-refractivity contribution is 5.95. The fourth-order valence-corrected chi connectivity index (χ4v) is 4.85. The first-order chi connectivity index (χ1) is 18.0. The number of fused-ring (bicyclic) bond motifs is 1. The van der Waals surface area contributed by atoms with Gasteiger partial charge in [0.1, 0.15) is 5.75 Å². The van der Waals surface area contributed by atoms with E-state index in [9.17, 15) is 9.59 Å². The van der Waals surface area contributed by atoms with Gasteiger partial charge in [0.2, 0.25) is 0 Å². The normalized spacial score (nSPS) is 15.4. The topological polar surface area (TPSA) is 58.6 Å². The molecule has 4 aromatic rings. The Balaban J connectivity index is 1.46. The molecule has 0 aromatic heterocycles. The maximum Gasteiger partial charge on any atom is 0.265 e. The Bertz CT molecular complexity index is 1400. The molecule has 0 fully saturated rings. The van der Waals surface area contributed by atoms with Crippen molar-refractivity contribution in [2.75, 3.05) is 11.9 Å². The van der Waals surface area contributed by atoms with Gasteiger partial charge < -0.3 is 15.0 Å². The molecule has 0 spiro atoms. The number of anilines is 1. The lowest BCUT2D eigenvalue weighted by molar-refractivity contribution is -0.122. The number of carbonyl (C=O) groups excluding carboxylic acids is 2. The summed E-state index contributed by atoms with van der Waals surface area (Å²) >= 11 is 0. The van der Waals surface area contributed by atoms with Crippen molar-refractivity contribution in [3.8, 4) is 5.75 Å². The summed E-state index contributed by atoms with van der Waals surface area (Å²) in [6, 6.07) is 32.7. The van der Waals surface area contributed by atoms with Gasteiger partial charge >= 0.3 is 0 Å². The lowest BCUT2D eigenvalue weighted by Gasteiger charge is -2.38. The summed E-state index contributed by atoms with van der Waals surface area (Å²) in [4.78, 5) is 28.3. The summed E-state index contributed by atoms with van der Waals surface area (Å²) in [5, 5.41) is 2.89. The molecule has 0 bridgehead atoms. The molecular formula is C32H30N2O3. The number of nitrogens with zero attached hydrogens (tertiary/aromatic N) is 1. The summed E-state index contributed by atoms with van der Waals surface area (Å²) in [6.45, 7) is 4.42. The van der Waals surface area contributed by atoms with Crippen LogP contribution in [0.2, 0.25) is 0 Å². The first-order valence-electron chi connectivity index (χ1n) is 12.6. The molecule has 5 rings (SSSR count). The SMILES string of the molecule is Cc1cccc([C@H]2c3cc(O[C@@H](C)C(=O)Nc4ccccc4)ccc3CCN2C(=O)c2ccccc2)c1. The molecule has 186 valence electrons. The van der Waals surface area contributed by atoms with E-state index in [1.54, 1.807) is 6.92 Å². The lowest BCUT2D eigenvalue weighted by atomic mass is 9.87. The summed E-state index contributed by atoms with van der Waals surface area (Å²) < 4.78 is 6.09. The molecule has 1 aliphatic heterocycles. The van der Waals surface area contributed by atoms with Crippen molar-refractivity contribution in [2.45, 2.75) is 32.4 Å². The molecule has 4 aromatic carbocycles. The number of aryl methyl sites for hydroxylation is 1. The van der Waals surface area contributed by atoms with Crippen LogP contribution in [0.4, 0.5) is 5.69 Å². The van der Waals surface area contributed by atoms with Crippen LogP contribution < -0.4 is 10.1 Å². The fourth-order valence-electron chi connectivity index (χ4n) is 4.85. The van der Waals surface area contributed by atoms with E-state index in [2.05, 4.69) is 36.5 Å². The molecule has 2 atom stereocenters. The molecule has 0 aliphatic carbocycles. The lowest BCUT2D eigenvalue weighted by Crippen LogP contribution is -2.40. The van der Waals surface area contributed by atoms with Gasteiger partial charge in [-0.1, -0.05) is 72.3 Å². The number of hydrogen-bond acceptors (Lipinski definition) is 3. The molecule has 1 heterocycles. The molecule has 1 aliphatic rings. The van der Waals surface area contributed by atoms with Crippen LogP contribution in [0.25, 0.3) is 0 Å². The Hall–Kier alpha value is -4.38. The van der Waals surface area contributed by atoms with Crippen molar-refractivity contribution in [3.63, 3.8) is 0 Å². The number of ether oxygens (including phenoxy) is 1. The van der Waals surface area contributed by atoms with Gasteiger partial charge in [0.05, 0.1) is 6.04 Å². The molecule has 0 unspecified atom stereocenters. The summed E-state index contributed by atoms with van der Waals surface area (Å²) in [5.74, 6) is 0.376. The number of hydrogen-bond donors (Lipinski definition) is 1. The van der Waals surface area contributed by atoms with Crippen molar-refractivity contribution in [3.05, 3.63) is 131 Å². The van der Waals surface area contributed by atoms with E-state index in [-0.39, 0.29) is 17.9 Å². The third-order valence-electron chi connectivity index (χ3n) is 6.71. The standard InChI is InChI=1S/C32H30N2O3/c1-22-10-9-13-26(20-22)30-29-21-28(37-23(2)31(35)33-27-14-7-4-8-15-27)17-16-24(29)18-19-34(30)32(36)25-11-5-3-6-12-25/h3-17,20-21,23,30H,18-19H2,1-2H3,(H,33,35)/t23-,30-/m0/s1. The quantitative estimate of drug-likeness (QED) is 0.351. The van der Waals surface area contributed by atoms with Crippen LogP contribution in [0, 0.1) is 6.92 Å². The predicted molar refractivity (Wildman–Crippen MR) is 146 cm³/mol. The fraction of sp³-hybridized carbons (Fsp3) is 0.188. The summed E-state index contributed by atoms with van der Waals surface area (Å²) in [6.07, 6.45) is 0.0573. The Labute approximate surface area is 217 Å². The van der Waals surface area contributed by atoms with Crippen LogP contribution in [-0.4, -0.2) is 29.4 Å². The monoisotopic (exact) mass is 490 g/mol. The van der Waals surface area contributed by atoms with Crippen molar-refractivity contribution in [1.29, 1.82) is 0 Å². The highest BCUT2D eigenvalue weighted by Crippen LogP contribution is 2.38. The molecular weight excluding hydrogens is 460 g/mol. The Morgan fingerprint density at radius 2 is 1.62 bits per heavy atom. The second-order valence-electron chi connectivity index (χ2n) is 9.41. The van der Waals surface area contributed by atoms with Crippen LogP contribution >= 0.6 is 0 Å². The largest absolute Gasteiger partial charge is 0.481 e. The zero-order chi connectivity index (χ0) is 25.8. The van der Waals surface area contributed by atoms with Gasteiger partial charge in [-0.3, -0.25) is 9.59 Å². The first-order valence-corrected chi connectivity index (χ1v) is 12.6. The van der Waals surface area contributed by atoms with Gasteiger partial charge in [-0.25, -0.2) is 0 Å². The van der Waals surface area contributed by atoms with E-state index in [1.807, 2.05) is 83.8 Å². The molecule has 0 saturated carbocycles. The van der Waals surface area contributed by atoms with Crippen LogP contribution in [0.1, 0.15) is 45.6 Å². The minimum atomic E-state index is -0.693. The third kappa shape index (κ3) is 5.41. The number of benzene rings is 4. The van der Waals surface area contributed by atoms with Crippen molar-refractivity contribution >= 4 is 17.5 Å². The molecule has 1 N–H and O–H groups in total. The minimum absolute atomic E-state index is 0.000292. The zero-order valence-electron chi connectivity index (χ0n) is 21.1. The highest BCUT2D eigenvalue weighted by Gasteiger charge is 2.33. The number of amides is 2. The van der Waals surface area contributed by atoms with Gasteiger partial charge in [-0.2, -0.15) is 0 Å². The Morgan fingerprint density at radius 1 is 0.892 bits per heavy atom. The van der Waals surface area contributed by atoms with Gasteiger partial charge in [0.15, 0.2) is 6.10 Å². The van der Waals surface area contributed by atoms with Gasteiger partial charge in [-0.05, 0) is 73.4 Å². The third-order valence-corrected chi connectivity index (χ3v) is 6.71. The predicted octanol–water partition coefficient (Wildman–Crippen LogP) is 6.19. The summed E-state index contributed by atoms with van der Waals surface area (Å²) in [5.41, 5.74) is 5.78. The number of para-hydroxylation sites is 1. The van der Waals surface area contributed by atoms with E-state index in [0.717, 1.165) is 28.8 Å². The second-order valence-corrected chi connectivity index (χ2v) is 9.41. The number of rotatable bonds is 6. The minimum Gasteiger partial charge on any atom is -0.481 e. The first kappa shape index (κ1) is 24.3. The Kier molecular flexibility index (Phi) is 7.04. The van der Waals surface area contributed by atoms with Gasteiger partial charge in [0.25, 0.3) is 11.8 Å². The smallest absolute Gasteiger partial charge is 0.265 e. The molecule has 2 amide bonds. The van der Waals surface area contributed by atoms with E-state index in [0.29, 0.717) is 17.9 Å². The average molecular weight is 491 g/mol. The summed E-state index contributed by atoms with van der Waals surface area (Å²) in [7, 11) is 0. The molecule has 0 radical (unpaired) electrons.